The first-order valence-electron chi connectivity index (χ1n) is 12.8. The predicted molar refractivity (Wildman–Crippen MR) is 142 cm³/mol. The lowest BCUT2D eigenvalue weighted by molar-refractivity contribution is -0.138. The third-order valence-electron chi connectivity index (χ3n) is 6.45. The van der Waals surface area contributed by atoms with Crippen molar-refractivity contribution in [2.24, 2.45) is 4.99 Å². The number of carboxylic acids is 1. The van der Waals surface area contributed by atoms with Crippen molar-refractivity contribution in [1.29, 1.82) is 0 Å². The SMILES string of the molecule is CC(C)(O)c1cc([C@H](CC(=O)O)CC(=O)CNC(=O)c2cc(O)cc(CC3=NCC(O)CN3)c2)cc(C(F)(F)F)c1. The minimum absolute atomic E-state index is 0.0408. The number of halogens is 3. The predicted octanol–water partition coefficient (Wildman–Crippen LogP) is 2.49. The Morgan fingerprint density at radius 3 is 2.34 bits per heavy atom. The highest BCUT2D eigenvalue weighted by Gasteiger charge is 2.34. The lowest BCUT2D eigenvalue weighted by Crippen LogP contribution is -2.39. The Labute approximate surface area is 233 Å². The molecule has 0 radical (unpaired) electrons. The van der Waals surface area contributed by atoms with E-state index in [2.05, 4.69) is 15.6 Å². The Hall–Kier alpha value is -3.97. The molecule has 1 aliphatic heterocycles. The molecule has 0 bridgehead atoms. The molecule has 0 saturated carbocycles. The summed E-state index contributed by atoms with van der Waals surface area (Å²) < 4.78 is 40.6. The van der Waals surface area contributed by atoms with Crippen LogP contribution in [-0.2, 0) is 27.8 Å². The Balaban J connectivity index is 1.74. The molecule has 0 spiro atoms. The van der Waals surface area contributed by atoms with Crippen molar-refractivity contribution >= 4 is 23.5 Å². The van der Waals surface area contributed by atoms with E-state index in [9.17, 15) is 48.0 Å². The number of β-amino-alcohol motifs (C(OH)–C–C–N with tert-alkyl or cyclic N) is 1. The standard InChI is InChI=1S/C28H32F3N3O7/c1-27(2,41)19-6-16(7-20(11-19)28(29,30)31)17(10-25(38)39)8-22(36)12-34-26(40)18-3-15(4-21(35)9-18)5-24-32-13-23(37)14-33-24/h3-4,6-7,9,11,17,23,35,37,41H,5,8,10,12-14H2,1-2H3,(H,32,33)(H,34,40)(H,38,39)/t17-/m0/s1. The van der Waals surface area contributed by atoms with Crippen molar-refractivity contribution in [3.05, 3.63) is 64.2 Å². The highest BCUT2D eigenvalue weighted by Crippen LogP contribution is 2.36. The normalized spacial score (nSPS) is 16.4. The van der Waals surface area contributed by atoms with Crippen molar-refractivity contribution in [3.63, 3.8) is 0 Å². The number of phenols is 1. The number of benzene rings is 2. The fraction of sp³-hybridized carbons (Fsp3) is 0.429. The second-order valence-electron chi connectivity index (χ2n) is 10.5. The Morgan fingerprint density at radius 2 is 1.76 bits per heavy atom. The van der Waals surface area contributed by atoms with Crippen LogP contribution < -0.4 is 10.6 Å². The monoisotopic (exact) mass is 579 g/mol. The molecule has 2 atom stereocenters. The van der Waals surface area contributed by atoms with Crippen LogP contribution in [0.1, 0.15) is 65.2 Å². The van der Waals surface area contributed by atoms with Gasteiger partial charge in [0.15, 0.2) is 5.78 Å². The van der Waals surface area contributed by atoms with Crippen molar-refractivity contribution in [2.75, 3.05) is 19.6 Å². The molecule has 0 aliphatic carbocycles. The molecule has 0 aromatic heterocycles. The van der Waals surface area contributed by atoms with Crippen LogP contribution in [0.25, 0.3) is 0 Å². The second-order valence-corrected chi connectivity index (χ2v) is 10.5. The number of aliphatic hydroxyl groups is 2. The van der Waals surface area contributed by atoms with Crippen LogP contribution in [0, 0.1) is 0 Å². The number of aliphatic hydroxyl groups excluding tert-OH is 1. The van der Waals surface area contributed by atoms with Gasteiger partial charge in [-0.2, -0.15) is 13.2 Å². The summed E-state index contributed by atoms with van der Waals surface area (Å²) in [6.45, 7) is 2.57. The summed E-state index contributed by atoms with van der Waals surface area (Å²) in [6.07, 6.45) is -6.27. The summed E-state index contributed by atoms with van der Waals surface area (Å²) >= 11 is 0. The van der Waals surface area contributed by atoms with Gasteiger partial charge in [0.05, 0.1) is 36.8 Å². The number of nitrogens with zero attached hydrogens (tertiary/aromatic N) is 1. The first-order chi connectivity index (χ1) is 19.0. The number of aliphatic carboxylic acids is 1. The Bertz CT molecular complexity index is 1300. The summed E-state index contributed by atoms with van der Waals surface area (Å²) in [5.74, 6) is -3.48. The molecule has 10 nitrogen and oxygen atoms in total. The van der Waals surface area contributed by atoms with Crippen LogP contribution in [-0.4, -0.2) is 69.7 Å². The zero-order chi connectivity index (χ0) is 30.5. The quantitative estimate of drug-likeness (QED) is 0.236. The Morgan fingerprint density at radius 1 is 1.07 bits per heavy atom. The molecule has 2 aromatic carbocycles. The van der Waals surface area contributed by atoms with Crippen molar-refractivity contribution in [3.8, 4) is 5.75 Å². The van der Waals surface area contributed by atoms with E-state index >= 15 is 0 Å². The molecule has 1 aliphatic rings. The fourth-order valence-electron chi connectivity index (χ4n) is 4.34. The fourth-order valence-corrected chi connectivity index (χ4v) is 4.34. The molecule has 0 saturated heterocycles. The van der Waals surface area contributed by atoms with E-state index in [1.165, 1.54) is 38.1 Å². The maximum atomic E-state index is 13.5. The largest absolute Gasteiger partial charge is 0.508 e. The zero-order valence-corrected chi connectivity index (χ0v) is 22.5. The summed E-state index contributed by atoms with van der Waals surface area (Å²) in [7, 11) is 0. The summed E-state index contributed by atoms with van der Waals surface area (Å²) in [5.41, 5.74) is -2.35. The summed E-state index contributed by atoms with van der Waals surface area (Å²) in [6, 6.07) is 6.89. The number of amides is 1. The molecule has 3 rings (SSSR count). The number of hydrogen-bond acceptors (Lipinski definition) is 8. The Kier molecular flexibility index (Phi) is 9.77. The lowest BCUT2D eigenvalue weighted by Gasteiger charge is -2.23. The van der Waals surface area contributed by atoms with E-state index in [0.717, 1.165) is 12.1 Å². The molecule has 1 heterocycles. The number of carboxylic acid groups (broad SMARTS) is 1. The number of carbonyl (C=O) groups excluding carboxylic acids is 2. The number of phenolic OH excluding ortho intramolecular Hbond substituents is 1. The van der Waals surface area contributed by atoms with Crippen molar-refractivity contribution < 1.29 is 48.0 Å². The topological polar surface area (TPSA) is 169 Å². The van der Waals surface area contributed by atoms with E-state index in [1.54, 1.807) is 0 Å². The molecule has 41 heavy (non-hydrogen) atoms. The molecular formula is C28H32F3N3O7. The van der Waals surface area contributed by atoms with Crippen molar-refractivity contribution in [1.82, 2.24) is 10.6 Å². The number of aliphatic imine (C=N–C) groups is 1. The first-order valence-corrected chi connectivity index (χ1v) is 12.8. The highest BCUT2D eigenvalue weighted by molar-refractivity contribution is 5.97. The number of nitrogens with one attached hydrogen (secondary N) is 2. The van der Waals surface area contributed by atoms with E-state index < -0.39 is 66.4 Å². The average Bonchev–Trinajstić information content (AvgIpc) is 2.86. The number of Topliss-reactive ketones (excluding diaryl/α,β-unsaturated/α-hetero) is 1. The number of hydrogen-bond donors (Lipinski definition) is 6. The van der Waals surface area contributed by atoms with E-state index in [4.69, 9.17) is 0 Å². The number of ketones is 1. The van der Waals surface area contributed by atoms with Gasteiger partial charge in [0.1, 0.15) is 11.6 Å². The molecule has 2 aromatic rings. The average molecular weight is 580 g/mol. The van der Waals surface area contributed by atoms with Crippen molar-refractivity contribution in [2.45, 2.75) is 56.9 Å². The van der Waals surface area contributed by atoms with Crippen LogP contribution in [0.2, 0.25) is 0 Å². The van der Waals surface area contributed by atoms with E-state index in [0.29, 0.717) is 17.9 Å². The van der Waals surface area contributed by atoms with Gasteiger partial charge in [-0.05, 0) is 60.9 Å². The minimum Gasteiger partial charge on any atom is -0.508 e. The van der Waals surface area contributed by atoms with Gasteiger partial charge in [0, 0.05) is 30.9 Å². The van der Waals surface area contributed by atoms with Gasteiger partial charge in [0.2, 0.25) is 0 Å². The second kappa shape index (κ2) is 12.7. The molecule has 1 unspecified atom stereocenters. The molecule has 222 valence electrons. The molecule has 6 N–H and O–H groups in total. The molecule has 13 heteroatoms. The van der Waals surface area contributed by atoms with E-state index in [1.807, 2.05) is 0 Å². The number of rotatable bonds is 11. The number of alkyl halides is 3. The summed E-state index contributed by atoms with van der Waals surface area (Å²) in [4.78, 5) is 41.2. The van der Waals surface area contributed by atoms with Crippen LogP contribution in [0.3, 0.4) is 0 Å². The smallest absolute Gasteiger partial charge is 0.416 e. The van der Waals surface area contributed by atoms with Crippen LogP contribution in [0.4, 0.5) is 13.2 Å². The maximum absolute atomic E-state index is 13.5. The van der Waals surface area contributed by atoms with Crippen LogP contribution in [0.5, 0.6) is 5.75 Å². The molecule has 1 amide bonds. The molecule has 0 fully saturated rings. The van der Waals surface area contributed by atoms with Gasteiger partial charge < -0.3 is 31.1 Å². The third-order valence-corrected chi connectivity index (χ3v) is 6.45. The number of aromatic hydroxyl groups is 1. The van der Waals surface area contributed by atoms with Gasteiger partial charge in [-0.3, -0.25) is 19.4 Å². The zero-order valence-electron chi connectivity index (χ0n) is 22.5. The lowest BCUT2D eigenvalue weighted by atomic mass is 9.85. The number of carbonyl (C=O) groups is 3. The van der Waals surface area contributed by atoms with Gasteiger partial charge >= 0.3 is 12.1 Å². The summed E-state index contributed by atoms with van der Waals surface area (Å²) in [5, 5.41) is 44.6. The van der Waals surface area contributed by atoms with Gasteiger partial charge in [-0.1, -0.05) is 6.07 Å². The minimum atomic E-state index is -4.78. The van der Waals surface area contributed by atoms with Crippen LogP contribution in [0.15, 0.2) is 41.4 Å². The molecular weight excluding hydrogens is 547 g/mol. The van der Waals surface area contributed by atoms with E-state index in [-0.39, 0.29) is 35.4 Å². The van der Waals surface area contributed by atoms with Crippen LogP contribution >= 0.6 is 0 Å². The van der Waals surface area contributed by atoms with Gasteiger partial charge in [-0.25, -0.2) is 0 Å². The highest BCUT2D eigenvalue weighted by atomic mass is 19.4. The first kappa shape index (κ1) is 31.6. The number of amidine groups is 1. The van der Waals surface area contributed by atoms with Gasteiger partial charge in [-0.15, -0.1) is 0 Å². The third kappa shape index (κ3) is 9.29. The maximum Gasteiger partial charge on any atom is 0.416 e. The van der Waals surface area contributed by atoms with Gasteiger partial charge in [0.25, 0.3) is 5.91 Å².